The van der Waals surface area contributed by atoms with E-state index in [1.54, 1.807) is 0 Å². The molecule has 1 aliphatic carbocycles. The second kappa shape index (κ2) is 3.57. The Hall–Kier alpha value is -0.860. The van der Waals surface area contributed by atoms with E-state index in [1.807, 2.05) is 0 Å². The summed E-state index contributed by atoms with van der Waals surface area (Å²) in [5, 5.41) is 0. The molecule has 0 aromatic heterocycles. The van der Waals surface area contributed by atoms with Gasteiger partial charge in [0.25, 0.3) is 0 Å². The molecule has 16 heavy (non-hydrogen) atoms. The highest BCUT2D eigenvalue weighted by Gasteiger charge is 2.57. The molecule has 86 valence electrons. The van der Waals surface area contributed by atoms with Gasteiger partial charge in [0.05, 0.1) is 0 Å². The second-order valence-corrected chi connectivity index (χ2v) is 5.22. The van der Waals surface area contributed by atoms with Crippen LogP contribution in [0, 0.1) is 0 Å². The van der Waals surface area contributed by atoms with Crippen molar-refractivity contribution in [3.63, 3.8) is 0 Å². The zero-order chi connectivity index (χ0) is 11.1. The SMILES string of the molecule is NC1(C2(c3ccccc3)CCOCC2)CC1. The summed E-state index contributed by atoms with van der Waals surface area (Å²) in [7, 11) is 0. The van der Waals surface area contributed by atoms with E-state index in [0.717, 1.165) is 26.1 Å². The predicted molar refractivity (Wildman–Crippen MR) is 64.3 cm³/mol. The summed E-state index contributed by atoms with van der Waals surface area (Å²) in [6.45, 7) is 1.71. The van der Waals surface area contributed by atoms with E-state index in [4.69, 9.17) is 10.5 Å². The Morgan fingerprint density at radius 3 is 2.12 bits per heavy atom. The van der Waals surface area contributed by atoms with E-state index in [1.165, 1.54) is 18.4 Å². The fraction of sp³-hybridized carbons (Fsp3) is 0.571. The third-order valence-electron chi connectivity index (χ3n) is 4.41. The van der Waals surface area contributed by atoms with Crippen LogP contribution in [-0.4, -0.2) is 18.8 Å². The van der Waals surface area contributed by atoms with Crippen molar-refractivity contribution in [2.75, 3.05) is 13.2 Å². The second-order valence-electron chi connectivity index (χ2n) is 5.22. The van der Waals surface area contributed by atoms with Gasteiger partial charge in [-0.15, -0.1) is 0 Å². The quantitative estimate of drug-likeness (QED) is 0.824. The summed E-state index contributed by atoms with van der Waals surface area (Å²) in [4.78, 5) is 0. The molecule has 2 heteroatoms. The van der Waals surface area contributed by atoms with Gasteiger partial charge in [0.2, 0.25) is 0 Å². The lowest BCUT2D eigenvalue weighted by Crippen LogP contribution is -2.51. The van der Waals surface area contributed by atoms with Crippen molar-refractivity contribution in [1.29, 1.82) is 0 Å². The van der Waals surface area contributed by atoms with Crippen LogP contribution in [0.5, 0.6) is 0 Å². The van der Waals surface area contributed by atoms with Gasteiger partial charge in [-0.05, 0) is 31.2 Å². The molecule has 2 aliphatic rings. The van der Waals surface area contributed by atoms with E-state index < -0.39 is 0 Å². The van der Waals surface area contributed by atoms with Crippen molar-refractivity contribution in [2.45, 2.75) is 36.6 Å². The molecule has 0 spiro atoms. The Bertz CT molecular complexity index is 364. The highest BCUT2D eigenvalue weighted by atomic mass is 16.5. The maximum absolute atomic E-state index is 6.53. The van der Waals surface area contributed by atoms with Gasteiger partial charge in [-0.1, -0.05) is 30.3 Å². The molecular formula is C14H19NO. The highest BCUT2D eigenvalue weighted by Crippen LogP contribution is 2.54. The normalized spacial score (nSPS) is 26.3. The van der Waals surface area contributed by atoms with Crippen molar-refractivity contribution in [1.82, 2.24) is 0 Å². The van der Waals surface area contributed by atoms with Gasteiger partial charge >= 0.3 is 0 Å². The van der Waals surface area contributed by atoms with Crippen molar-refractivity contribution >= 4 is 0 Å². The Morgan fingerprint density at radius 2 is 1.56 bits per heavy atom. The minimum Gasteiger partial charge on any atom is -0.381 e. The Morgan fingerprint density at radius 1 is 0.938 bits per heavy atom. The summed E-state index contributed by atoms with van der Waals surface area (Å²) < 4.78 is 5.51. The van der Waals surface area contributed by atoms with Crippen LogP contribution in [0.25, 0.3) is 0 Å². The van der Waals surface area contributed by atoms with Crippen molar-refractivity contribution < 1.29 is 4.74 Å². The fourth-order valence-electron chi connectivity index (χ4n) is 3.16. The monoisotopic (exact) mass is 217 g/mol. The van der Waals surface area contributed by atoms with E-state index in [0.29, 0.717) is 0 Å². The topological polar surface area (TPSA) is 35.2 Å². The third kappa shape index (κ3) is 1.40. The van der Waals surface area contributed by atoms with Crippen LogP contribution in [-0.2, 0) is 10.2 Å². The molecule has 2 nitrogen and oxygen atoms in total. The lowest BCUT2D eigenvalue weighted by Gasteiger charge is -2.43. The third-order valence-corrected chi connectivity index (χ3v) is 4.41. The van der Waals surface area contributed by atoms with E-state index in [2.05, 4.69) is 30.3 Å². The zero-order valence-electron chi connectivity index (χ0n) is 9.61. The van der Waals surface area contributed by atoms with E-state index >= 15 is 0 Å². The first-order valence-electron chi connectivity index (χ1n) is 6.19. The fourth-order valence-corrected chi connectivity index (χ4v) is 3.16. The summed E-state index contributed by atoms with van der Waals surface area (Å²) in [5.74, 6) is 0. The number of hydrogen-bond acceptors (Lipinski definition) is 2. The molecule has 1 saturated carbocycles. The molecule has 0 bridgehead atoms. The summed E-state index contributed by atoms with van der Waals surface area (Å²) >= 11 is 0. The molecule has 2 fully saturated rings. The van der Waals surface area contributed by atoms with Crippen LogP contribution < -0.4 is 5.73 Å². The van der Waals surface area contributed by atoms with Crippen LogP contribution in [0.15, 0.2) is 30.3 Å². The van der Waals surface area contributed by atoms with Crippen molar-refractivity contribution in [3.8, 4) is 0 Å². The van der Waals surface area contributed by atoms with Gasteiger partial charge in [-0.3, -0.25) is 0 Å². The molecule has 0 amide bonds. The van der Waals surface area contributed by atoms with Crippen LogP contribution in [0.1, 0.15) is 31.2 Å². The molecule has 1 aliphatic heterocycles. The average Bonchev–Trinajstić information content (AvgIpc) is 3.11. The molecule has 3 rings (SSSR count). The largest absolute Gasteiger partial charge is 0.381 e. The first-order valence-corrected chi connectivity index (χ1v) is 6.19. The van der Waals surface area contributed by atoms with Gasteiger partial charge in [-0.25, -0.2) is 0 Å². The molecule has 0 unspecified atom stereocenters. The standard InChI is InChI=1S/C14H19NO/c15-14(6-7-14)13(8-10-16-11-9-13)12-4-2-1-3-5-12/h1-5H,6-11,15H2. The molecule has 0 atom stereocenters. The zero-order valence-corrected chi connectivity index (χ0v) is 9.61. The highest BCUT2D eigenvalue weighted by molar-refractivity contribution is 5.35. The lowest BCUT2D eigenvalue weighted by atomic mass is 9.67. The van der Waals surface area contributed by atoms with Crippen LogP contribution in [0.2, 0.25) is 0 Å². The molecule has 1 saturated heterocycles. The first-order chi connectivity index (χ1) is 7.77. The molecule has 1 aromatic carbocycles. The van der Waals surface area contributed by atoms with Gasteiger partial charge in [0, 0.05) is 24.2 Å². The minimum atomic E-state index is 0.0398. The van der Waals surface area contributed by atoms with E-state index in [9.17, 15) is 0 Å². The maximum Gasteiger partial charge on any atom is 0.0475 e. The van der Waals surface area contributed by atoms with Crippen LogP contribution in [0.3, 0.4) is 0 Å². The van der Waals surface area contributed by atoms with E-state index in [-0.39, 0.29) is 11.0 Å². The Balaban J connectivity index is 2.02. The number of nitrogens with two attached hydrogens (primary N) is 1. The average molecular weight is 217 g/mol. The minimum absolute atomic E-state index is 0.0398. The summed E-state index contributed by atoms with van der Waals surface area (Å²) in [5.41, 5.74) is 8.16. The molecule has 1 aromatic rings. The Labute approximate surface area is 96.8 Å². The molecule has 0 radical (unpaired) electrons. The number of rotatable bonds is 2. The number of benzene rings is 1. The first kappa shape index (κ1) is 10.3. The van der Waals surface area contributed by atoms with Crippen LogP contribution >= 0.6 is 0 Å². The van der Waals surface area contributed by atoms with Gasteiger partial charge in [0.1, 0.15) is 0 Å². The van der Waals surface area contributed by atoms with Crippen molar-refractivity contribution in [3.05, 3.63) is 35.9 Å². The smallest absolute Gasteiger partial charge is 0.0475 e. The number of hydrogen-bond donors (Lipinski definition) is 1. The van der Waals surface area contributed by atoms with Crippen LogP contribution in [0.4, 0.5) is 0 Å². The maximum atomic E-state index is 6.53. The lowest BCUT2D eigenvalue weighted by molar-refractivity contribution is 0.0358. The molecule has 1 heterocycles. The van der Waals surface area contributed by atoms with Gasteiger partial charge < -0.3 is 10.5 Å². The summed E-state index contributed by atoms with van der Waals surface area (Å²) in [6.07, 6.45) is 4.49. The summed E-state index contributed by atoms with van der Waals surface area (Å²) in [6, 6.07) is 10.8. The Kier molecular flexibility index (Phi) is 2.30. The molecular weight excluding hydrogens is 198 g/mol. The number of ether oxygens (including phenoxy) is 1. The van der Waals surface area contributed by atoms with Crippen molar-refractivity contribution in [2.24, 2.45) is 5.73 Å². The predicted octanol–water partition coefficient (Wildman–Crippen LogP) is 2.23. The van der Waals surface area contributed by atoms with Gasteiger partial charge in [0.15, 0.2) is 0 Å². The molecule has 2 N–H and O–H groups in total. The van der Waals surface area contributed by atoms with Gasteiger partial charge in [-0.2, -0.15) is 0 Å².